The molecule has 0 atom stereocenters. The van der Waals surface area contributed by atoms with Crippen LogP contribution in [-0.2, 0) is 26.8 Å². The number of carbonyl (C=O) groups is 1. The lowest BCUT2D eigenvalue weighted by atomic mass is 9.78. The molecule has 0 saturated heterocycles. The zero-order chi connectivity index (χ0) is 20.4. The van der Waals surface area contributed by atoms with E-state index in [0.717, 1.165) is 27.4 Å². The number of aryl methyl sites for hydroxylation is 1. The quantitative estimate of drug-likeness (QED) is 0.676. The zero-order valence-corrected chi connectivity index (χ0v) is 18.3. The van der Waals surface area contributed by atoms with E-state index >= 15 is 0 Å². The van der Waals surface area contributed by atoms with E-state index < -0.39 is 0 Å². The summed E-state index contributed by atoms with van der Waals surface area (Å²) >= 11 is 1.55. The van der Waals surface area contributed by atoms with Gasteiger partial charge >= 0.3 is 5.97 Å². The van der Waals surface area contributed by atoms with Crippen molar-refractivity contribution in [2.75, 3.05) is 6.61 Å². The number of ether oxygens (including phenoxy) is 1. The van der Waals surface area contributed by atoms with E-state index in [1.807, 2.05) is 24.4 Å². The van der Waals surface area contributed by atoms with Gasteiger partial charge in [0.15, 0.2) is 0 Å². The van der Waals surface area contributed by atoms with Crippen LogP contribution in [0.4, 0.5) is 0 Å². The number of aromatic hydroxyl groups is 1. The monoisotopic (exact) mass is 389 g/mol. The molecule has 2 rings (SSSR count). The summed E-state index contributed by atoms with van der Waals surface area (Å²) in [5.41, 5.74) is 3.37. The Balaban J connectivity index is 2.40. The first-order valence-electron chi connectivity index (χ1n) is 9.42. The molecule has 4 nitrogen and oxygen atoms in total. The molecule has 0 aliphatic rings. The van der Waals surface area contributed by atoms with E-state index in [9.17, 15) is 9.90 Å². The standard InChI is InChI=1S/C22H31NO3S/c1-8-26-19(24)10-9-18-23-17(13-27-18)14-11-15(21(2,3)4)20(25)16(12-14)22(5,6)7/h11-13,25H,8-10H2,1-7H3. The molecule has 2 aromatic rings. The van der Waals surface area contributed by atoms with Gasteiger partial charge in [-0.05, 0) is 29.9 Å². The fourth-order valence-electron chi connectivity index (χ4n) is 2.93. The number of thiazole rings is 1. The average molecular weight is 390 g/mol. The highest BCUT2D eigenvalue weighted by Gasteiger charge is 2.27. The van der Waals surface area contributed by atoms with E-state index in [1.165, 1.54) is 0 Å². The van der Waals surface area contributed by atoms with Gasteiger partial charge in [0, 0.05) is 28.5 Å². The lowest BCUT2D eigenvalue weighted by Gasteiger charge is -2.28. The first-order chi connectivity index (χ1) is 12.4. The van der Waals surface area contributed by atoms with Crippen molar-refractivity contribution in [3.8, 4) is 17.0 Å². The van der Waals surface area contributed by atoms with Crippen LogP contribution in [0.25, 0.3) is 11.3 Å². The third-order valence-corrected chi connectivity index (χ3v) is 5.33. The number of carbonyl (C=O) groups excluding carboxylic acids is 1. The first kappa shape index (κ1) is 21.4. The molecular formula is C22H31NO3S. The maximum absolute atomic E-state index is 11.6. The molecule has 0 amide bonds. The van der Waals surface area contributed by atoms with Crippen molar-refractivity contribution in [3.05, 3.63) is 33.6 Å². The van der Waals surface area contributed by atoms with Crippen LogP contribution in [0.15, 0.2) is 17.5 Å². The highest BCUT2D eigenvalue weighted by atomic mass is 32.1. The predicted molar refractivity (Wildman–Crippen MR) is 112 cm³/mol. The molecule has 5 heteroatoms. The lowest BCUT2D eigenvalue weighted by molar-refractivity contribution is -0.143. The molecule has 1 N–H and O–H groups in total. The van der Waals surface area contributed by atoms with Crippen LogP contribution in [0, 0.1) is 0 Å². The van der Waals surface area contributed by atoms with Gasteiger partial charge in [0.05, 0.1) is 23.7 Å². The highest BCUT2D eigenvalue weighted by molar-refractivity contribution is 7.09. The maximum Gasteiger partial charge on any atom is 0.306 e. The van der Waals surface area contributed by atoms with E-state index in [4.69, 9.17) is 9.72 Å². The Labute approximate surface area is 166 Å². The zero-order valence-electron chi connectivity index (χ0n) is 17.5. The number of hydrogen-bond donors (Lipinski definition) is 1. The molecule has 0 fully saturated rings. The number of benzene rings is 1. The molecule has 0 aliphatic heterocycles. The van der Waals surface area contributed by atoms with Crippen molar-refractivity contribution in [3.63, 3.8) is 0 Å². The van der Waals surface area contributed by atoms with E-state index in [1.54, 1.807) is 11.3 Å². The van der Waals surface area contributed by atoms with Gasteiger partial charge in [-0.1, -0.05) is 41.5 Å². The molecule has 0 spiro atoms. The molecular weight excluding hydrogens is 358 g/mol. The molecule has 0 unspecified atom stereocenters. The SMILES string of the molecule is CCOC(=O)CCc1nc(-c2cc(C(C)(C)C)c(O)c(C(C)(C)C)c2)cs1. The van der Waals surface area contributed by atoms with Crippen molar-refractivity contribution < 1.29 is 14.6 Å². The summed E-state index contributed by atoms with van der Waals surface area (Å²) in [7, 11) is 0. The number of nitrogens with zero attached hydrogens (tertiary/aromatic N) is 1. The van der Waals surface area contributed by atoms with Crippen LogP contribution in [-0.4, -0.2) is 22.7 Å². The minimum absolute atomic E-state index is 0.178. The molecule has 0 bridgehead atoms. The van der Waals surface area contributed by atoms with E-state index in [0.29, 0.717) is 25.2 Å². The summed E-state index contributed by atoms with van der Waals surface area (Å²) < 4.78 is 4.98. The van der Waals surface area contributed by atoms with Crippen LogP contribution in [0.3, 0.4) is 0 Å². The summed E-state index contributed by atoms with van der Waals surface area (Å²) in [5, 5.41) is 13.8. The molecule has 27 heavy (non-hydrogen) atoms. The number of hydrogen-bond acceptors (Lipinski definition) is 5. The summed E-state index contributed by atoms with van der Waals surface area (Å²) in [5.74, 6) is 0.181. The van der Waals surface area contributed by atoms with Crippen LogP contribution in [0.1, 0.15) is 71.0 Å². The maximum atomic E-state index is 11.6. The Bertz CT molecular complexity index is 775. The molecule has 0 radical (unpaired) electrons. The smallest absolute Gasteiger partial charge is 0.306 e. The number of esters is 1. The first-order valence-corrected chi connectivity index (χ1v) is 10.3. The summed E-state index contributed by atoms with van der Waals surface area (Å²) in [4.78, 5) is 16.3. The summed E-state index contributed by atoms with van der Waals surface area (Å²) in [6.07, 6.45) is 0.927. The van der Waals surface area contributed by atoms with Crippen molar-refractivity contribution in [2.45, 2.75) is 72.1 Å². The number of rotatable bonds is 5. The highest BCUT2D eigenvalue weighted by Crippen LogP contribution is 2.42. The third kappa shape index (κ3) is 5.32. The molecule has 1 aromatic carbocycles. The average Bonchev–Trinajstić information content (AvgIpc) is 3.00. The summed E-state index contributed by atoms with van der Waals surface area (Å²) in [6, 6.07) is 4.07. The van der Waals surface area contributed by atoms with Crippen LogP contribution >= 0.6 is 11.3 Å². The van der Waals surface area contributed by atoms with Gasteiger partial charge in [0.25, 0.3) is 0 Å². The second-order valence-corrected chi connectivity index (χ2v) is 9.79. The molecule has 0 aliphatic carbocycles. The second-order valence-electron chi connectivity index (χ2n) is 8.85. The number of aromatic nitrogens is 1. The third-order valence-electron chi connectivity index (χ3n) is 4.42. The Morgan fingerprint density at radius 2 is 1.67 bits per heavy atom. The number of phenolic OH excluding ortho intramolecular Hbond substituents is 1. The lowest BCUT2D eigenvalue weighted by Crippen LogP contribution is -2.17. The van der Waals surface area contributed by atoms with Gasteiger partial charge in [0.1, 0.15) is 5.75 Å². The molecule has 0 saturated carbocycles. The van der Waals surface area contributed by atoms with E-state index in [2.05, 4.69) is 41.5 Å². The van der Waals surface area contributed by atoms with Gasteiger partial charge in [-0.25, -0.2) is 4.98 Å². The second kappa shape index (κ2) is 8.01. The minimum atomic E-state index is -0.191. The Kier molecular flexibility index (Phi) is 6.35. The van der Waals surface area contributed by atoms with Gasteiger partial charge in [-0.3, -0.25) is 4.79 Å². The van der Waals surface area contributed by atoms with Gasteiger partial charge in [-0.15, -0.1) is 11.3 Å². The minimum Gasteiger partial charge on any atom is -0.507 e. The molecule has 1 heterocycles. The van der Waals surface area contributed by atoms with Crippen LogP contribution < -0.4 is 0 Å². The Morgan fingerprint density at radius 1 is 1.11 bits per heavy atom. The normalized spacial score (nSPS) is 12.3. The van der Waals surface area contributed by atoms with Crippen molar-refractivity contribution in [2.24, 2.45) is 0 Å². The fraction of sp³-hybridized carbons (Fsp3) is 0.545. The molecule has 148 valence electrons. The van der Waals surface area contributed by atoms with E-state index in [-0.39, 0.29) is 16.8 Å². The molecule has 1 aromatic heterocycles. The predicted octanol–water partition coefficient (Wildman–Crippen LogP) is 5.61. The largest absolute Gasteiger partial charge is 0.507 e. The van der Waals surface area contributed by atoms with Crippen molar-refractivity contribution in [1.82, 2.24) is 4.98 Å². The summed E-state index contributed by atoms with van der Waals surface area (Å²) in [6.45, 7) is 14.8. The topological polar surface area (TPSA) is 59.4 Å². The number of phenols is 1. The Morgan fingerprint density at radius 3 is 2.15 bits per heavy atom. The van der Waals surface area contributed by atoms with Gasteiger partial charge in [-0.2, -0.15) is 0 Å². The Hall–Kier alpha value is -1.88. The van der Waals surface area contributed by atoms with Crippen LogP contribution in [0.2, 0.25) is 0 Å². The van der Waals surface area contributed by atoms with Gasteiger partial charge in [0.2, 0.25) is 0 Å². The van der Waals surface area contributed by atoms with Crippen molar-refractivity contribution in [1.29, 1.82) is 0 Å². The van der Waals surface area contributed by atoms with Crippen molar-refractivity contribution >= 4 is 17.3 Å². The van der Waals surface area contributed by atoms with Crippen LogP contribution in [0.5, 0.6) is 5.75 Å². The fourth-order valence-corrected chi connectivity index (χ4v) is 3.73. The van der Waals surface area contributed by atoms with Gasteiger partial charge < -0.3 is 9.84 Å².